The van der Waals surface area contributed by atoms with Gasteiger partial charge in [0, 0.05) is 49.7 Å². The molecule has 1 aromatic heterocycles. The number of carbonyl (C=O) groups is 1. The minimum Gasteiger partial charge on any atom is -0.457 e. The van der Waals surface area contributed by atoms with E-state index in [0.717, 1.165) is 61.8 Å². The molecular weight excluding hydrogens is 400 g/mol. The molecule has 1 aliphatic heterocycles. The Morgan fingerprint density at radius 2 is 1.81 bits per heavy atom. The standard InChI is InChI=1S/C26H30N4O2/c1-29(19-16-21-8-5-6-17-27-21)23-9-7-18-30(20-23)26(31)28-22-12-14-25(15-13-22)32-24-10-3-2-4-11-24/h2-6,8,10-15,17,23H,7,9,16,18-20H2,1H3,(H,28,31). The van der Waals surface area contributed by atoms with Gasteiger partial charge in [-0.15, -0.1) is 0 Å². The molecule has 1 aliphatic rings. The van der Waals surface area contributed by atoms with Gasteiger partial charge in [-0.25, -0.2) is 4.79 Å². The second kappa shape index (κ2) is 10.8. The summed E-state index contributed by atoms with van der Waals surface area (Å²) >= 11 is 0. The first-order chi connectivity index (χ1) is 15.7. The minimum absolute atomic E-state index is 0.0513. The first-order valence-corrected chi connectivity index (χ1v) is 11.2. The average Bonchev–Trinajstić information content (AvgIpc) is 2.85. The first kappa shape index (κ1) is 21.8. The summed E-state index contributed by atoms with van der Waals surface area (Å²) in [5, 5.41) is 3.02. The van der Waals surface area contributed by atoms with Crippen molar-refractivity contribution in [1.82, 2.24) is 14.8 Å². The number of hydrogen-bond donors (Lipinski definition) is 1. The SMILES string of the molecule is CN(CCc1ccccn1)C1CCCN(C(=O)Nc2ccc(Oc3ccccc3)cc2)C1. The number of benzene rings is 2. The lowest BCUT2D eigenvalue weighted by Gasteiger charge is -2.37. The van der Waals surface area contributed by atoms with Gasteiger partial charge < -0.3 is 19.9 Å². The molecule has 6 nitrogen and oxygen atoms in total. The monoisotopic (exact) mass is 430 g/mol. The van der Waals surface area contributed by atoms with Crippen molar-refractivity contribution < 1.29 is 9.53 Å². The lowest BCUT2D eigenvalue weighted by atomic mass is 10.0. The van der Waals surface area contributed by atoms with E-state index in [2.05, 4.69) is 28.3 Å². The fourth-order valence-corrected chi connectivity index (χ4v) is 3.95. The van der Waals surface area contributed by atoms with Crippen molar-refractivity contribution in [2.45, 2.75) is 25.3 Å². The van der Waals surface area contributed by atoms with Crippen molar-refractivity contribution in [2.24, 2.45) is 0 Å². The number of carbonyl (C=O) groups excluding carboxylic acids is 1. The summed E-state index contributed by atoms with van der Waals surface area (Å²) in [6, 6.07) is 23.5. The highest BCUT2D eigenvalue weighted by molar-refractivity contribution is 5.89. The van der Waals surface area contributed by atoms with Crippen LogP contribution in [0.5, 0.6) is 11.5 Å². The summed E-state index contributed by atoms with van der Waals surface area (Å²) in [5.41, 5.74) is 1.87. The van der Waals surface area contributed by atoms with Crippen molar-refractivity contribution in [3.05, 3.63) is 84.7 Å². The number of aromatic nitrogens is 1. The van der Waals surface area contributed by atoms with Crippen molar-refractivity contribution in [3.8, 4) is 11.5 Å². The summed E-state index contributed by atoms with van der Waals surface area (Å²) in [6.07, 6.45) is 4.86. The normalized spacial score (nSPS) is 16.1. The molecule has 0 aliphatic carbocycles. The summed E-state index contributed by atoms with van der Waals surface area (Å²) in [5.74, 6) is 1.53. The zero-order valence-electron chi connectivity index (χ0n) is 18.5. The lowest BCUT2D eigenvalue weighted by molar-refractivity contribution is 0.133. The Kier molecular flexibility index (Phi) is 7.35. The maximum atomic E-state index is 12.8. The Balaban J connectivity index is 1.27. The molecule has 0 saturated carbocycles. The van der Waals surface area contributed by atoms with Crippen LogP contribution in [0.3, 0.4) is 0 Å². The van der Waals surface area contributed by atoms with E-state index in [1.165, 1.54) is 0 Å². The summed E-state index contributed by atoms with van der Waals surface area (Å²) < 4.78 is 5.82. The van der Waals surface area contributed by atoms with Crippen LogP contribution in [-0.4, -0.2) is 53.5 Å². The number of pyridine rings is 1. The zero-order valence-corrected chi connectivity index (χ0v) is 18.5. The number of hydrogen-bond acceptors (Lipinski definition) is 4. The molecule has 1 atom stereocenters. The molecular formula is C26H30N4O2. The molecule has 2 heterocycles. The number of likely N-dealkylation sites (tertiary alicyclic amines) is 1. The minimum atomic E-state index is -0.0513. The summed E-state index contributed by atoms with van der Waals surface area (Å²) in [6.45, 7) is 2.45. The average molecular weight is 431 g/mol. The number of anilines is 1. The number of para-hydroxylation sites is 1. The molecule has 4 rings (SSSR count). The van der Waals surface area contributed by atoms with Crippen LogP contribution < -0.4 is 10.1 Å². The predicted molar refractivity (Wildman–Crippen MR) is 127 cm³/mol. The highest BCUT2D eigenvalue weighted by Gasteiger charge is 2.26. The van der Waals surface area contributed by atoms with E-state index in [-0.39, 0.29) is 6.03 Å². The van der Waals surface area contributed by atoms with Crippen LogP contribution in [0.4, 0.5) is 10.5 Å². The van der Waals surface area contributed by atoms with Gasteiger partial charge in [-0.1, -0.05) is 24.3 Å². The number of nitrogens with one attached hydrogen (secondary N) is 1. The second-order valence-corrected chi connectivity index (χ2v) is 8.16. The van der Waals surface area contributed by atoms with E-state index in [9.17, 15) is 4.79 Å². The number of urea groups is 1. The third kappa shape index (κ3) is 6.08. The van der Waals surface area contributed by atoms with Crippen molar-refractivity contribution in [2.75, 3.05) is 32.0 Å². The van der Waals surface area contributed by atoms with Crippen LogP contribution in [0, 0.1) is 0 Å². The van der Waals surface area contributed by atoms with Crippen LogP contribution in [-0.2, 0) is 6.42 Å². The highest BCUT2D eigenvalue weighted by Crippen LogP contribution is 2.23. The Morgan fingerprint density at radius 3 is 2.56 bits per heavy atom. The molecule has 1 unspecified atom stereocenters. The largest absolute Gasteiger partial charge is 0.457 e. The summed E-state index contributed by atoms with van der Waals surface area (Å²) in [4.78, 5) is 21.5. The van der Waals surface area contributed by atoms with Gasteiger partial charge in [0.15, 0.2) is 0 Å². The molecule has 32 heavy (non-hydrogen) atoms. The Bertz CT molecular complexity index is 980. The molecule has 1 N–H and O–H groups in total. The fourth-order valence-electron chi connectivity index (χ4n) is 3.95. The summed E-state index contributed by atoms with van der Waals surface area (Å²) in [7, 11) is 2.14. The fraction of sp³-hybridized carbons (Fsp3) is 0.308. The van der Waals surface area contributed by atoms with Crippen molar-refractivity contribution >= 4 is 11.7 Å². The van der Waals surface area contributed by atoms with Gasteiger partial charge in [0.25, 0.3) is 0 Å². The highest BCUT2D eigenvalue weighted by atomic mass is 16.5. The third-order valence-corrected chi connectivity index (χ3v) is 5.84. The molecule has 0 spiro atoms. The van der Waals surface area contributed by atoms with Gasteiger partial charge in [-0.3, -0.25) is 4.98 Å². The number of likely N-dealkylation sites (N-methyl/N-ethyl adjacent to an activating group) is 1. The molecule has 2 amide bonds. The number of piperidine rings is 1. The third-order valence-electron chi connectivity index (χ3n) is 5.84. The van der Waals surface area contributed by atoms with E-state index in [0.29, 0.717) is 6.04 Å². The molecule has 1 fully saturated rings. The molecule has 1 saturated heterocycles. The Labute approximate surface area is 189 Å². The first-order valence-electron chi connectivity index (χ1n) is 11.2. The predicted octanol–water partition coefficient (Wildman–Crippen LogP) is 5.04. The van der Waals surface area contributed by atoms with Gasteiger partial charge >= 0.3 is 6.03 Å². The van der Waals surface area contributed by atoms with E-state index in [4.69, 9.17) is 4.74 Å². The van der Waals surface area contributed by atoms with Gasteiger partial charge in [0.1, 0.15) is 11.5 Å². The number of rotatable bonds is 7. The second-order valence-electron chi connectivity index (χ2n) is 8.16. The molecule has 166 valence electrons. The van der Waals surface area contributed by atoms with Crippen LogP contribution in [0.25, 0.3) is 0 Å². The van der Waals surface area contributed by atoms with Crippen LogP contribution >= 0.6 is 0 Å². The Morgan fingerprint density at radius 1 is 1.06 bits per heavy atom. The Hall–Kier alpha value is -3.38. The van der Waals surface area contributed by atoms with Gasteiger partial charge in [-0.05, 0) is 68.4 Å². The molecule has 0 radical (unpaired) electrons. The van der Waals surface area contributed by atoms with E-state index < -0.39 is 0 Å². The van der Waals surface area contributed by atoms with E-state index in [1.54, 1.807) is 0 Å². The van der Waals surface area contributed by atoms with Gasteiger partial charge in [0.2, 0.25) is 0 Å². The molecule has 2 aromatic carbocycles. The van der Waals surface area contributed by atoms with Crippen LogP contribution in [0.1, 0.15) is 18.5 Å². The van der Waals surface area contributed by atoms with Crippen molar-refractivity contribution in [1.29, 1.82) is 0 Å². The van der Waals surface area contributed by atoms with Gasteiger partial charge in [0.05, 0.1) is 0 Å². The van der Waals surface area contributed by atoms with E-state index >= 15 is 0 Å². The van der Waals surface area contributed by atoms with E-state index in [1.807, 2.05) is 77.8 Å². The zero-order chi connectivity index (χ0) is 22.2. The number of ether oxygens (including phenoxy) is 1. The van der Waals surface area contributed by atoms with Crippen LogP contribution in [0.15, 0.2) is 79.0 Å². The maximum Gasteiger partial charge on any atom is 0.321 e. The molecule has 6 heteroatoms. The number of amides is 2. The van der Waals surface area contributed by atoms with Gasteiger partial charge in [-0.2, -0.15) is 0 Å². The smallest absolute Gasteiger partial charge is 0.321 e. The molecule has 3 aromatic rings. The molecule has 0 bridgehead atoms. The topological polar surface area (TPSA) is 57.7 Å². The maximum absolute atomic E-state index is 12.8. The van der Waals surface area contributed by atoms with Crippen molar-refractivity contribution in [3.63, 3.8) is 0 Å². The lowest BCUT2D eigenvalue weighted by Crippen LogP contribution is -2.50. The quantitative estimate of drug-likeness (QED) is 0.570. The van der Waals surface area contributed by atoms with Crippen LogP contribution in [0.2, 0.25) is 0 Å². The number of nitrogens with zero attached hydrogens (tertiary/aromatic N) is 3.